The van der Waals surface area contributed by atoms with Gasteiger partial charge in [-0.15, -0.1) is 0 Å². The minimum Gasteiger partial charge on any atom is -0.496 e. The minimum atomic E-state index is -0.184. The van der Waals surface area contributed by atoms with E-state index >= 15 is 0 Å². The summed E-state index contributed by atoms with van der Waals surface area (Å²) in [5.41, 5.74) is 4.11. The Kier molecular flexibility index (Phi) is 5.96. The molecule has 0 spiro atoms. The van der Waals surface area contributed by atoms with Crippen LogP contribution in [0.5, 0.6) is 11.6 Å². The molecule has 2 aromatic carbocycles. The maximum atomic E-state index is 13.7. The lowest BCUT2D eigenvalue weighted by Crippen LogP contribution is -2.32. The van der Waals surface area contributed by atoms with Crippen molar-refractivity contribution in [2.75, 3.05) is 13.7 Å². The molecule has 5 rings (SSSR count). The monoisotopic (exact) mass is 471 g/mol. The highest BCUT2D eigenvalue weighted by molar-refractivity contribution is 6.48. The summed E-state index contributed by atoms with van der Waals surface area (Å²) in [6, 6.07) is 15.5. The number of pyridine rings is 1. The fraction of sp³-hybridized carbons (Fsp3) is 0.231. The van der Waals surface area contributed by atoms with E-state index in [2.05, 4.69) is 4.98 Å². The lowest BCUT2D eigenvalue weighted by Gasteiger charge is -2.24. The topological polar surface area (TPSA) is 56.6 Å². The van der Waals surface area contributed by atoms with Crippen molar-refractivity contribution in [1.29, 1.82) is 0 Å². The van der Waals surface area contributed by atoms with Gasteiger partial charge in [-0.25, -0.2) is 4.98 Å². The summed E-state index contributed by atoms with van der Waals surface area (Å²) in [4.78, 5) is 20.1. The van der Waals surface area contributed by atoms with Gasteiger partial charge in [-0.3, -0.25) is 4.79 Å². The Labute approximate surface area is 204 Å². The summed E-state index contributed by atoms with van der Waals surface area (Å²) in [5, 5.41) is 1.17. The van der Waals surface area contributed by atoms with Crippen molar-refractivity contribution in [1.82, 2.24) is 14.5 Å². The van der Waals surface area contributed by atoms with Gasteiger partial charge in [0.15, 0.2) is 0 Å². The van der Waals surface area contributed by atoms with Crippen LogP contribution in [0.25, 0.3) is 10.9 Å². The molecule has 3 heterocycles. The van der Waals surface area contributed by atoms with Crippen LogP contribution in [0, 0.1) is 6.92 Å². The number of aromatic nitrogens is 2. The summed E-state index contributed by atoms with van der Waals surface area (Å²) in [6.45, 7) is 3.62. The highest BCUT2D eigenvalue weighted by Crippen LogP contribution is 2.33. The molecule has 0 fully saturated rings. The molecule has 0 aliphatic carbocycles. The average molecular weight is 472 g/mol. The molecule has 2 radical (unpaired) electrons. The maximum absolute atomic E-state index is 13.7. The SMILES string of the molecule is [B]c1cc2ccn3c2c(c1Cl)C(=O)N(Cc1c(OC)cc(C)nc1OCc1ccccc1)CC3. The highest BCUT2D eigenvalue weighted by Gasteiger charge is 2.29. The summed E-state index contributed by atoms with van der Waals surface area (Å²) >= 11 is 6.55. The number of rotatable bonds is 6. The second-order valence-electron chi connectivity index (χ2n) is 8.35. The minimum absolute atomic E-state index is 0.184. The number of amides is 1. The van der Waals surface area contributed by atoms with Gasteiger partial charge in [0.25, 0.3) is 5.91 Å². The molecule has 0 unspecified atom stereocenters. The number of nitrogens with zero attached hydrogens (tertiary/aromatic N) is 3. The zero-order valence-corrected chi connectivity index (χ0v) is 19.8. The molecule has 34 heavy (non-hydrogen) atoms. The predicted octanol–water partition coefficient (Wildman–Crippen LogP) is 4.04. The van der Waals surface area contributed by atoms with Gasteiger partial charge in [-0.2, -0.15) is 0 Å². The predicted molar refractivity (Wildman–Crippen MR) is 133 cm³/mol. The van der Waals surface area contributed by atoms with Crippen LogP contribution in [-0.4, -0.2) is 41.9 Å². The number of aryl methyl sites for hydroxylation is 1. The van der Waals surface area contributed by atoms with Crippen LogP contribution in [0.3, 0.4) is 0 Å². The van der Waals surface area contributed by atoms with Crippen molar-refractivity contribution >= 4 is 41.7 Å². The molecule has 8 heteroatoms. The number of halogens is 1. The third kappa shape index (κ3) is 4.01. The largest absolute Gasteiger partial charge is 0.496 e. The highest BCUT2D eigenvalue weighted by atomic mass is 35.5. The van der Waals surface area contributed by atoms with Crippen molar-refractivity contribution in [3.63, 3.8) is 0 Å². The number of hydrogen-bond donors (Lipinski definition) is 0. The summed E-state index contributed by atoms with van der Waals surface area (Å²) < 4.78 is 13.8. The van der Waals surface area contributed by atoms with Crippen LogP contribution in [0.2, 0.25) is 5.02 Å². The lowest BCUT2D eigenvalue weighted by molar-refractivity contribution is 0.0743. The van der Waals surface area contributed by atoms with E-state index in [-0.39, 0.29) is 17.5 Å². The van der Waals surface area contributed by atoms with E-state index in [1.165, 1.54) is 0 Å². The molecule has 1 aliphatic heterocycles. The van der Waals surface area contributed by atoms with E-state index in [1.54, 1.807) is 12.0 Å². The van der Waals surface area contributed by atoms with Crippen molar-refractivity contribution in [3.8, 4) is 11.6 Å². The number of carbonyl (C=O) groups is 1. The first-order valence-corrected chi connectivity index (χ1v) is 11.4. The summed E-state index contributed by atoms with van der Waals surface area (Å²) in [5.74, 6) is 0.883. The van der Waals surface area contributed by atoms with Crippen LogP contribution in [0.4, 0.5) is 0 Å². The van der Waals surface area contributed by atoms with Gasteiger partial charge in [-0.1, -0.05) is 53.5 Å². The first kappa shape index (κ1) is 22.4. The van der Waals surface area contributed by atoms with E-state index in [0.717, 1.165) is 22.2 Å². The Hall–Kier alpha value is -3.45. The van der Waals surface area contributed by atoms with E-state index in [9.17, 15) is 4.79 Å². The quantitative estimate of drug-likeness (QED) is 0.398. The summed E-state index contributed by atoms with van der Waals surface area (Å²) in [7, 11) is 7.73. The Morgan fingerprint density at radius 1 is 1.15 bits per heavy atom. The van der Waals surface area contributed by atoms with Crippen LogP contribution in [-0.2, 0) is 19.7 Å². The van der Waals surface area contributed by atoms with Gasteiger partial charge in [-0.05, 0) is 23.9 Å². The van der Waals surface area contributed by atoms with Gasteiger partial charge in [0, 0.05) is 36.1 Å². The van der Waals surface area contributed by atoms with Crippen LogP contribution in [0.1, 0.15) is 27.2 Å². The second kappa shape index (κ2) is 9.07. The lowest BCUT2D eigenvalue weighted by atomic mass is 9.92. The number of hydrogen-bond acceptors (Lipinski definition) is 4. The third-order valence-corrected chi connectivity index (χ3v) is 6.50. The maximum Gasteiger partial charge on any atom is 0.257 e. The number of benzene rings is 2. The Balaban J connectivity index is 1.51. The number of ether oxygens (including phenoxy) is 2. The molecular formula is C26H23BClN3O3. The molecule has 1 aliphatic rings. The smallest absolute Gasteiger partial charge is 0.257 e. The molecule has 170 valence electrons. The van der Waals surface area contributed by atoms with Gasteiger partial charge in [0.2, 0.25) is 5.88 Å². The fourth-order valence-corrected chi connectivity index (χ4v) is 4.62. The van der Waals surface area contributed by atoms with Gasteiger partial charge in [0.1, 0.15) is 20.2 Å². The first-order chi connectivity index (χ1) is 16.5. The van der Waals surface area contributed by atoms with E-state index < -0.39 is 0 Å². The Morgan fingerprint density at radius 3 is 2.71 bits per heavy atom. The first-order valence-electron chi connectivity index (χ1n) is 11.0. The van der Waals surface area contributed by atoms with Crippen LogP contribution >= 0.6 is 11.6 Å². The number of carbonyl (C=O) groups excluding carboxylic acids is 1. The molecule has 2 aromatic heterocycles. The average Bonchev–Trinajstić information content (AvgIpc) is 3.17. The molecule has 0 atom stereocenters. The van der Waals surface area contributed by atoms with Crippen molar-refractivity contribution in [2.24, 2.45) is 0 Å². The molecule has 4 aromatic rings. The molecular weight excluding hydrogens is 449 g/mol. The second-order valence-corrected chi connectivity index (χ2v) is 8.73. The van der Waals surface area contributed by atoms with Gasteiger partial charge < -0.3 is 18.9 Å². The van der Waals surface area contributed by atoms with Crippen molar-refractivity contribution < 1.29 is 14.3 Å². The molecule has 1 amide bonds. The summed E-state index contributed by atoms with van der Waals surface area (Å²) in [6.07, 6.45) is 1.96. The standard InChI is InChI=1S/C26H23BClN3O3/c1-16-12-21(33-2)19(25(29-16)34-15-17-6-4-3-5-7-17)14-31-11-10-30-9-8-18-13-20(27)23(28)22(24(18)30)26(31)32/h3-9,12-13H,10-11,14-15H2,1-2H3. The van der Waals surface area contributed by atoms with Gasteiger partial charge >= 0.3 is 0 Å². The molecule has 6 nitrogen and oxygen atoms in total. The van der Waals surface area contributed by atoms with Crippen molar-refractivity contribution in [3.05, 3.63) is 82.1 Å². The normalized spacial score (nSPS) is 13.3. The van der Waals surface area contributed by atoms with Gasteiger partial charge in [0.05, 0.1) is 30.3 Å². The van der Waals surface area contributed by atoms with Crippen molar-refractivity contribution in [2.45, 2.75) is 26.6 Å². The molecule has 0 saturated carbocycles. The zero-order chi connectivity index (χ0) is 23.8. The zero-order valence-electron chi connectivity index (χ0n) is 19.0. The van der Waals surface area contributed by atoms with E-state index in [0.29, 0.717) is 47.9 Å². The third-order valence-electron chi connectivity index (χ3n) is 6.09. The Morgan fingerprint density at radius 2 is 1.94 bits per heavy atom. The number of methoxy groups -OCH3 is 1. The van der Waals surface area contributed by atoms with E-state index in [1.807, 2.05) is 66.2 Å². The fourth-order valence-electron chi connectivity index (χ4n) is 4.40. The molecule has 0 N–H and O–H groups in total. The Bertz CT molecular complexity index is 1390. The molecule has 0 bridgehead atoms. The van der Waals surface area contributed by atoms with Crippen LogP contribution < -0.4 is 14.9 Å². The van der Waals surface area contributed by atoms with E-state index in [4.69, 9.17) is 28.9 Å². The molecule has 0 saturated heterocycles. The van der Waals surface area contributed by atoms with Crippen LogP contribution in [0.15, 0.2) is 54.7 Å².